The first-order chi connectivity index (χ1) is 7.66. The zero-order chi connectivity index (χ0) is 11.5. The van der Waals surface area contributed by atoms with Gasteiger partial charge in [-0.3, -0.25) is 4.79 Å². The van der Waals surface area contributed by atoms with Crippen molar-refractivity contribution in [2.75, 3.05) is 0 Å². The summed E-state index contributed by atoms with van der Waals surface area (Å²) in [6.45, 7) is 4.16. The van der Waals surface area contributed by atoms with Gasteiger partial charge in [0.15, 0.2) is 5.78 Å². The lowest BCUT2D eigenvalue weighted by atomic mass is 9.84. The van der Waals surface area contributed by atoms with E-state index in [0.717, 1.165) is 24.8 Å². The molecule has 1 aliphatic rings. The zero-order valence-corrected chi connectivity index (χ0v) is 9.99. The molecule has 2 rings (SSSR count). The minimum atomic E-state index is 0.202. The Kier molecular flexibility index (Phi) is 3.23. The molecule has 1 aromatic carbocycles. The molecule has 0 spiro atoms. The lowest BCUT2D eigenvalue weighted by Crippen LogP contribution is -2.17. The van der Waals surface area contributed by atoms with Crippen LogP contribution in [0.25, 0.3) is 0 Å². The lowest BCUT2D eigenvalue weighted by molar-refractivity contribution is 0.0910. The summed E-state index contributed by atoms with van der Waals surface area (Å²) in [5.41, 5.74) is 3.43. The average molecular weight is 214 g/mol. The third-order valence-corrected chi connectivity index (χ3v) is 3.28. The Labute approximate surface area is 97.2 Å². The summed E-state index contributed by atoms with van der Waals surface area (Å²) in [5, 5.41) is 0. The summed E-state index contributed by atoms with van der Waals surface area (Å²) >= 11 is 0. The van der Waals surface area contributed by atoms with Gasteiger partial charge in [-0.2, -0.15) is 0 Å². The van der Waals surface area contributed by atoms with Crippen molar-refractivity contribution in [3.8, 4) is 0 Å². The number of Topliss-reactive ketones (excluding diaryl/α,β-unsaturated/α-hetero) is 1. The number of ketones is 1. The Morgan fingerprint density at radius 2 is 1.88 bits per heavy atom. The number of carbonyl (C=O) groups is 1. The van der Waals surface area contributed by atoms with Gasteiger partial charge in [-0.25, -0.2) is 0 Å². The van der Waals surface area contributed by atoms with Gasteiger partial charge in [-0.05, 0) is 33.1 Å². The molecule has 1 heteroatoms. The topological polar surface area (TPSA) is 17.1 Å². The second-order valence-electron chi connectivity index (χ2n) is 4.76. The second-order valence-corrected chi connectivity index (χ2v) is 4.76. The standard InChI is InChI=1S/C15H18O/c1-11-6-8-13(9-7-11)15(16)14-5-3-4-12(2)10-14/h4,6-9,14H,3,5,10H2,1-2H3/t14-/m1/s1. The first-order valence-corrected chi connectivity index (χ1v) is 5.93. The van der Waals surface area contributed by atoms with E-state index in [-0.39, 0.29) is 5.92 Å². The van der Waals surface area contributed by atoms with Crippen molar-refractivity contribution in [2.24, 2.45) is 5.92 Å². The third kappa shape index (κ3) is 2.41. The molecule has 0 radical (unpaired) electrons. The fourth-order valence-electron chi connectivity index (χ4n) is 2.28. The first kappa shape index (κ1) is 11.1. The van der Waals surface area contributed by atoms with Crippen LogP contribution in [0.2, 0.25) is 0 Å². The summed E-state index contributed by atoms with van der Waals surface area (Å²) in [6.07, 6.45) is 5.24. The minimum Gasteiger partial charge on any atom is -0.294 e. The van der Waals surface area contributed by atoms with E-state index in [9.17, 15) is 4.79 Å². The van der Waals surface area contributed by atoms with E-state index in [1.165, 1.54) is 11.1 Å². The second kappa shape index (κ2) is 4.65. The van der Waals surface area contributed by atoms with Crippen LogP contribution in [-0.2, 0) is 0 Å². The zero-order valence-electron chi connectivity index (χ0n) is 9.99. The van der Waals surface area contributed by atoms with Gasteiger partial charge in [-0.15, -0.1) is 0 Å². The summed E-state index contributed by atoms with van der Waals surface area (Å²) in [6, 6.07) is 7.92. The van der Waals surface area contributed by atoms with Gasteiger partial charge >= 0.3 is 0 Å². The van der Waals surface area contributed by atoms with Crippen LogP contribution in [0, 0.1) is 12.8 Å². The number of allylic oxidation sites excluding steroid dienone is 2. The quantitative estimate of drug-likeness (QED) is 0.538. The van der Waals surface area contributed by atoms with Gasteiger partial charge in [0, 0.05) is 11.5 Å². The molecule has 1 atom stereocenters. The Balaban J connectivity index is 2.13. The molecule has 0 amide bonds. The molecule has 0 unspecified atom stereocenters. The fourth-order valence-corrected chi connectivity index (χ4v) is 2.28. The van der Waals surface area contributed by atoms with Crippen molar-refractivity contribution in [3.05, 3.63) is 47.0 Å². The highest BCUT2D eigenvalue weighted by molar-refractivity contribution is 5.98. The van der Waals surface area contributed by atoms with Crippen LogP contribution in [-0.4, -0.2) is 5.78 Å². The molecule has 0 aliphatic heterocycles. The number of aryl methyl sites for hydroxylation is 1. The van der Waals surface area contributed by atoms with E-state index >= 15 is 0 Å². The molecule has 0 N–H and O–H groups in total. The number of hydrogen-bond donors (Lipinski definition) is 0. The maximum absolute atomic E-state index is 12.2. The van der Waals surface area contributed by atoms with Gasteiger partial charge in [0.2, 0.25) is 0 Å². The Morgan fingerprint density at radius 3 is 2.50 bits per heavy atom. The van der Waals surface area contributed by atoms with Gasteiger partial charge in [0.1, 0.15) is 0 Å². The molecule has 16 heavy (non-hydrogen) atoms. The van der Waals surface area contributed by atoms with Gasteiger partial charge < -0.3 is 0 Å². The molecular formula is C15H18O. The van der Waals surface area contributed by atoms with E-state index in [2.05, 4.69) is 13.0 Å². The molecule has 0 fully saturated rings. The number of carbonyl (C=O) groups excluding carboxylic acids is 1. The van der Waals surface area contributed by atoms with Gasteiger partial charge in [0.05, 0.1) is 0 Å². The predicted molar refractivity (Wildman–Crippen MR) is 66.6 cm³/mol. The van der Waals surface area contributed by atoms with Crippen LogP contribution < -0.4 is 0 Å². The number of benzene rings is 1. The molecule has 0 aromatic heterocycles. The lowest BCUT2D eigenvalue weighted by Gasteiger charge is -2.19. The van der Waals surface area contributed by atoms with E-state index in [0.29, 0.717) is 5.78 Å². The van der Waals surface area contributed by atoms with Crippen LogP contribution in [0.15, 0.2) is 35.9 Å². The summed E-state index contributed by atoms with van der Waals surface area (Å²) in [4.78, 5) is 12.2. The highest BCUT2D eigenvalue weighted by atomic mass is 16.1. The SMILES string of the molecule is CC1=CCC[C@@H](C(=O)c2ccc(C)cc2)C1. The van der Waals surface area contributed by atoms with Crippen LogP contribution in [0.3, 0.4) is 0 Å². The highest BCUT2D eigenvalue weighted by Crippen LogP contribution is 2.26. The van der Waals surface area contributed by atoms with Crippen molar-refractivity contribution in [2.45, 2.75) is 33.1 Å². The van der Waals surface area contributed by atoms with Crippen molar-refractivity contribution in [3.63, 3.8) is 0 Å². The summed E-state index contributed by atoms with van der Waals surface area (Å²) in [7, 11) is 0. The largest absolute Gasteiger partial charge is 0.294 e. The molecule has 1 aromatic rings. The van der Waals surface area contributed by atoms with Gasteiger partial charge in [0.25, 0.3) is 0 Å². The molecule has 1 nitrogen and oxygen atoms in total. The molecule has 0 saturated carbocycles. The van der Waals surface area contributed by atoms with Gasteiger partial charge in [-0.1, -0.05) is 41.5 Å². The average Bonchev–Trinajstić information content (AvgIpc) is 2.29. The Morgan fingerprint density at radius 1 is 1.19 bits per heavy atom. The first-order valence-electron chi connectivity index (χ1n) is 5.93. The Hall–Kier alpha value is -1.37. The van der Waals surface area contributed by atoms with Crippen molar-refractivity contribution < 1.29 is 4.79 Å². The van der Waals surface area contributed by atoms with E-state index in [1.54, 1.807) is 0 Å². The van der Waals surface area contributed by atoms with E-state index in [1.807, 2.05) is 31.2 Å². The van der Waals surface area contributed by atoms with Crippen LogP contribution in [0.1, 0.15) is 42.1 Å². The van der Waals surface area contributed by atoms with E-state index < -0.39 is 0 Å². The maximum atomic E-state index is 12.2. The molecular weight excluding hydrogens is 196 g/mol. The van der Waals surface area contributed by atoms with Crippen LogP contribution in [0.5, 0.6) is 0 Å². The fraction of sp³-hybridized carbons (Fsp3) is 0.400. The molecule has 84 valence electrons. The Bertz CT molecular complexity index is 412. The predicted octanol–water partition coefficient (Wildman–Crippen LogP) is 3.92. The molecule has 0 bridgehead atoms. The van der Waals surface area contributed by atoms with Crippen LogP contribution >= 0.6 is 0 Å². The van der Waals surface area contributed by atoms with E-state index in [4.69, 9.17) is 0 Å². The monoisotopic (exact) mass is 214 g/mol. The van der Waals surface area contributed by atoms with Crippen molar-refractivity contribution in [1.82, 2.24) is 0 Å². The summed E-state index contributed by atoms with van der Waals surface area (Å²) < 4.78 is 0. The highest BCUT2D eigenvalue weighted by Gasteiger charge is 2.21. The number of rotatable bonds is 2. The minimum absolute atomic E-state index is 0.202. The maximum Gasteiger partial charge on any atom is 0.166 e. The van der Waals surface area contributed by atoms with Crippen LogP contribution in [0.4, 0.5) is 0 Å². The third-order valence-electron chi connectivity index (χ3n) is 3.28. The molecule has 1 aliphatic carbocycles. The number of hydrogen-bond acceptors (Lipinski definition) is 1. The molecule has 0 heterocycles. The smallest absolute Gasteiger partial charge is 0.166 e. The summed E-state index contributed by atoms with van der Waals surface area (Å²) in [5.74, 6) is 0.514. The van der Waals surface area contributed by atoms with Crippen molar-refractivity contribution in [1.29, 1.82) is 0 Å². The molecule has 0 saturated heterocycles. The van der Waals surface area contributed by atoms with Crippen molar-refractivity contribution >= 4 is 5.78 Å². The normalized spacial score (nSPS) is 20.4.